The summed E-state index contributed by atoms with van der Waals surface area (Å²) >= 11 is 6.39. The van der Waals surface area contributed by atoms with Gasteiger partial charge in [0.05, 0.1) is 22.6 Å². The van der Waals surface area contributed by atoms with Gasteiger partial charge >= 0.3 is 11.9 Å². The smallest absolute Gasteiger partial charge is 0.363 e. The van der Waals surface area contributed by atoms with E-state index in [1.165, 1.54) is 37.5 Å². The van der Waals surface area contributed by atoms with Crippen molar-refractivity contribution in [2.45, 2.75) is 13.8 Å². The van der Waals surface area contributed by atoms with Crippen molar-refractivity contribution in [3.63, 3.8) is 0 Å². The number of benzene rings is 3. The molecule has 0 aromatic heterocycles. The van der Waals surface area contributed by atoms with E-state index in [-0.39, 0.29) is 33.8 Å². The Morgan fingerprint density at radius 3 is 2.58 bits per heavy atom. The Hall–Kier alpha value is -4.50. The Morgan fingerprint density at radius 1 is 1.14 bits per heavy atom. The number of aliphatic imine (C=N–C) groups is 1. The highest BCUT2D eigenvalue weighted by atomic mass is 35.5. The largest absolute Gasteiger partial charge is 0.493 e. The van der Waals surface area contributed by atoms with E-state index >= 15 is 0 Å². The molecule has 0 bridgehead atoms. The SMILES string of the molecule is COc1cc(/C=C2\N=C(c3cccc([N+](=O)[O-])c3C)OC2=O)cc(Cl)c1OC(=O)c1cccc(C)c1. The number of aryl methyl sites for hydroxylation is 1. The van der Waals surface area contributed by atoms with Gasteiger partial charge in [0, 0.05) is 17.2 Å². The maximum atomic E-state index is 12.6. The van der Waals surface area contributed by atoms with Crippen LogP contribution in [0.4, 0.5) is 5.69 Å². The van der Waals surface area contributed by atoms with Crippen LogP contribution >= 0.6 is 11.6 Å². The molecule has 0 amide bonds. The zero-order chi connectivity index (χ0) is 26.0. The lowest BCUT2D eigenvalue weighted by molar-refractivity contribution is -0.385. The minimum absolute atomic E-state index is 0.0261. The fourth-order valence-corrected chi connectivity index (χ4v) is 3.84. The number of halogens is 1. The lowest BCUT2D eigenvalue weighted by Gasteiger charge is -2.12. The van der Waals surface area contributed by atoms with Crippen LogP contribution in [0.25, 0.3) is 6.08 Å². The third-order valence-electron chi connectivity index (χ3n) is 5.36. The number of nitro benzene ring substituents is 1. The van der Waals surface area contributed by atoms with Crippen molar-refractivity contribution in [3.8, 4) is 11.5 Å². The maximum Gasteiger partial charge on any atom is 0.363 e. The van der Waals surface area contributed by atoms with Crippen LogP contribution in [-0.4, -0.2) is 29.9 Å². The van der Waals surface area contributed by atoms with Crippen LogP contribution in [-0.2, 0) is 9.53 Å². The van der Waals surface area contributed by atoms with Crippen LogP contribution in [0.5, 0.6) is 11.5 Å². The summed E-state index contributed by atoms with van der Waals surface area (Å²) < 4.78 is 16.1. The molecule has 0 fully saturated rings. The molecule has 0 unspecified atom stereocenters. The monoisotopic (exact) mass is 506 g/mol. The Morgan fingerprint density at radius 2 is 1.89 bits per heavy atom. The first-order chi connectivity index (χ1) is 17.2. The van der Waals surface area contributed by atoms with Crippen molar-refractivity contribution in [1.29, 1.82) is 0 Å². The highest BCUT2D eigenvalue weighted by molar-refractivity contribution is 6.32. The number of hydrogen-bond acceptors (Lipinski definition) is 8. The topological polar surface area (TPSA) is 117 Å². The van der Waals surface area contributed by atoms with Gasteiger partial charge in [0.25, 0.3) is 5.69 Å². The number of hydrogen-bond donors (Lipinski definition) is 0. The van der Waals surface area contributed by atoms with Gasteiger partial charge in [-0.1, -0.05) is 35.4 Å². The molecule has 0 N–H and O–H groups in total. The standard InChI is InChI=1S/C26H19ClN2O7/c1-14-6-4-7-17(10-14)25(30)35-23-19(27)11-16(13-22(23)34-3)12-20-26(31)36-24(28-20)18-8-5-9-21(15(18)2)29(32)33/h4-13H,1-3H3/b20-12-. The maximum absolute atomic E-state index is 12.6. The molecule has 1 aliphatic rings. The Labute approximate surface area is 210 Å². The molecule has 182 valence electrons. The van der Waals surface area contributed by atoms with Gasteiger partial charge in [-0.25, -0.2) is 14.6 Å². The van der Waals surface area contributed by atoms with E-state index in [0.29, 0.717) is 22.3 Å². The van der Waals surface area contributed by atoms with Gasteiger partial charge in [0.15, 0.2) is 17.2 Å². The summed E-state index contributed by atoms with van der Waals surface area (Å²) in [4.78, 5) is 40.0. The van der Waals surface area contributed by atoms with Gasteiger partial charge in [-0.15, -0.1) is 0 Å². The number of rotatable bonds is 6. The summed E-state index contributed by atoms with van der Waals surface area (Å²) in [7, 11) is 1.39. The van der Waals surface area contributed by atoms with Crippen LogP contribution in [0.2, 0.25) is 5.02 Å². The molecule has 0 saturated heterocycles. The molecule has 10 heteroatoms. The normalized spacial score (nSPS) is 13.8. The minimum atomic E-state index is -0.735. The van der Waals surface area contributed by atoms with Crippen molar-refractivity contribution >= 4 is 41.2 Å². The zero-order valence-electron chi connectivity index (χ0n) is 19.4. The fraction of sp³-hybridized carbons (Fsp3) is 0.115. The van der Waals surface area contributed by atoms with E-state index in [1.807, 2.05) is 13.0 Å². The van der Waals surface area contributed by atoms with Gasteiger partial charge in [0.1, 0.15) is 0 Å². The Bertz CT molecular complexity index is 1480. The van der Waals surface area contributed by atoms with Crippen molar-refractivity contribution in [2.24, 2.45) is 4.99 Å². The molecule has 0 spiro atoms. The van der Waals surface area contributed by atoms with Crippen molar-refractivity contribution in [1.82, 2.24) is 0 Å². The number of ether oxygens (including phenoxy) is 3. The van der Waals surface area contributed by atoms with Crippen molar-refractivity contribution in [2.75, 3.05) is 7.11 Å². The van der Waals surface area contributed by atoms with Gasteiger partial charge in [-0.3, -0.25) is 10.1 Å². The summed E-state index contributed by atoms with van der Waals surface area (Å²) in [6.07, 6.45) is 1.42. The predicted octanol–water partition coefficient (Wildman–Crippen LogP) is 5.44. The number of methoxy groups -OCH3 is 1. The quantitative estimate of drug-likeness (QED) is 0.144. The van der Waals surface area contributed by atoms with Crippen LogP contribution < -0.4 is 9.47 Å². The molecule has 3 aromatic rings. The molecule has 3 aromatic carbocycles. The number of nitro groups is 1. The predicted molar refractivity (Wildman–Crippen MR) is 133 cm³/mol. The minimum Gasteiger partial charge on any atom is -0.493 e. The summed E-state index contributed by atoms with van der Waals surface area (Å²) in [5.74, 6) is -1.19. The molecule has 4 rings (SSSR count). The molecule has 0 saturated carbocycles. The van der Waals surface area contributed by atoms with Crippen molar-refractivity contribution < 1.29 is 28.7 Å². The van der Waals surface area contributed by atoms with E-state index in [2.05, 4.69) is 4.99 Å². The van der Waals surface area contributed by atoms with Gasteiger partial charge in [-0.05, 0) is 55.8 Å². The first kappa shape index (κ1) is 24.6. The van der Waals surface area contributed by atoms with E-state index in [1.54, 1.807) is 31.2 Å². The summed E-state index contributed by atoms with van der Waals surface area (Å²) in [5.41, 5.74) is 2.17. The summed E-state index contributed by atoms with van der Waals surface area (Å²) in [6.45, 7) is 3.40. The van der Waals surface area contributed by atoms with Crippen LogP contribution in [0, 0.1) is 24.0 Å². The van der Waals surface area contributed by atoms with E-state index in [4.69, 9.17) is 25.8 Å². The summed E-state index contributed by atoms with van der Waals surface area (Å²) in [6, 6.07) is 14.3. The molecule has 9 nitrogen and oxygen atoms in total. The molecule has 0 atom stereocenters. The van der Waals surface area contributed by atoms with Gasteiger partial charge in [-0.2, -0.15) is 0 Å². The Kier molecular flexibility index (Phi) is 6.84. The highest BCUT2D eigenvalue weighted by Crippen LogP contribution is 2.38. The number of esters is 2. The lowest BCUT2D eigenvalue weighted by atomic mass is 10.1. The molecular formula is C26H19ClN2O7. The number of cyclic esters (lactones) is 1. The van der Waals surface area contributed by atoms with Gasteiger partial charge < -0.3 is 14.2 Å². The van der Waals surface area contributed by atoms with Crippen molar-refractivity contribution in [3.05, 3.63) is 103 Å². The number of nitrogens with zero attached hydrogens (tertiary/aromatic N) is 2. The second-order valence-corrected chi connectivity index (χ2v) is 8.24. The first-order valence-electron chi connectivity index (χ1n) is 10.6. The average Bonchev–Trinajstić information content (AvgIpc) is 3.20. The molecule has 36 heavy (non-hydrogen) atoms. The number of carbonyl (C=O) groups is 2. The first-order valence-corrected chi connectivity index (χ1v) is 11.0. The molecule has 1 heterocycles. The van der Waals surface area contributed by atoms with Crippen LogP contribution in [0.15, 0.2) is 65.3 Å². The van der Waals surface area contributed by atoms with E-state index < -0.39 is 16.9 Å². The van der Waals surface area contributed by atoms with E-state index in [0.717, 1.165) is 5.56 Å². The molecule has 0 aliphatic carbocycles. The second-order valence-electron chi connectivity index (χ2n) is 7.84. The van der Waals surface area contributed by atoms with Gasteiger partial charge in [0.2, 0.25) is 5.90 Å². The molecule has 1 aliphatic heterocycles. The zero-order valence-corrected chi connectivity index (χ0v) is 20.2. The average molecular weight is 507 g/mol. The second kappa shape index (κ2) is 10.0. The summed E-state index contributed by atoms with van der Waals surface area (Å²) in [5, 5.41) is 11.3. The fourth-order valence-electron chi connectivity index (χ4n) is 3.58. The lowest BCUT2D eigenvalue weighted by Crippen LogP contribution is -2.10. The third-order valence-corrected chi connectivity index (χ3v) is 5.64. The van der Waals surface area contributed by atoms with Crippen LogP contribution in [0.1, 0.15) is 32.6 Å². The molecule has 0 radical (unpaired) electrons. The number of carbonyl (C=O) groups excluding carboxylic acids is 2. The highest BCUT2D eigenvalue weighted by Gasteiger charge is 2.28. The molecular weight excluding hydrogens is 488 g/mol. The van der Waals surface area contributed by atoms with E-state index in [9.17, 15) is 19.7 Å². The Balaban J connectivity index is 1.65. The third kappa shape index (κ3) is 4.96. The van der Waals surface area contributed by atoms with Crippen LogP contribution in [0.3, 0.4) is 0 Å².